The van der Waals surface area contributed by atoms with Gasteiger partial charge in [0.1, 0.15) is 30.0 Å². The van der Waals surface area contributed by atoms with Gasteiger partial charge in [-0.1, -0.05) is 35.9 Å². The molecule has 0 bridgehead atoms. The van der Waals surface area contributed by atoms with Crippen molar-refractivity contribution in [3.05, 3.63) is 101 Å². The molecule has 35 heavy (non-hydrogen) atoms. The Kier molecular flexibility index (Phi) is 4.95. The number of hydrogen-bond donors (Lipinski definition) is 1. The average molecular weight is 471 g/mol. The van der Waals surface area contributed by atoms with Crippen LogP contribution < -0.4 is 19.5 Å². The van der Waals surface area contributed by atoms with Crippen LogP contribution in [0.3, 0.4) is 0 Å². The van der Waals surface area contributed by atoms with E-state index >= 15 is 4.39 Å². The zero-order chi connectivity index (χ0) is 24.1. The monoisotopic (exact) mass is 470 g/mol. The molecule has 4 aromatic rings. The Morgan fingerprint density at radius 2 is 1.83 bits per heavy atom. The van der Waals surface area contributed by atoms with Crippen LogP contribution in [0.1, 0.15) is 34.4 Å². The van der Waals surface area contributed by atoms with Gasteiger partial charge in [0, 0.05) is 22.3 Å². The van der Waals surface area contributed by atoms with E-state index in [1.807, 2.05) is 43.3 Å². The van der Waals surface area contributed by atoms with Gasteiger partial charge in [-0.3, -0.25) is 0 Å². The summed E-state index contributed by atoms with van der Waals surface area (Å²) >= 11 is 0. The molecule has 7 nitrogen and oxygen atoms in total. The summed E-state index contributed by atoms with van der Waals surface area (Å²) in [6.45, 7) is 2.03. The topological polar surface area (TPSA) is 70.4 Å². The summed E-state index contributed by atoms with van der Waals surface area (Å²) in [6, 6.07) is 17.9. The van der Waals surface area contributed by atoms with Gasteiger partial charge < -0.3 is 19.5 Å². The molecule has 0 saturated heterocycles. The molecule has 0 unspecified atom stereocenters. The predicted octanol–water partition coefficient (Wildman–Crippen LogP) is 5.30. The number of fused-ring (bicyclic) bond motifs is 3. The smallest absolute Gasteiger partial charge is 0.226 e. The lowest BCUT2D eigenvalue weighted by molar-refractivity contribution is 0.221. The number of nitrogens with one attached hydrogen (secondary N) is 1. The van der Waals surface area contributed by atoms with Crippen molar-refractivity contribution in [2.75, 3.05) is 19.5 Å². The van der Waals surface area contributed by atoms with Crippen LogP contribution in [0.5, 0.6) is 17.2 Å². The minimum atomic E-state index is -0.572. The van der Waals surface area contributed by atoms with Gasteiger partial charge in [-0.05, 0) is 37.3 Å². The second kappa shape index (κ2) is 8.16. The highest BCUT2D eigenvalue weighted by molar-refractivity contribution is 5.85. The highest BCUT2D eigenvalue weighted by atomic mass is 19.1. The molecule has 3 aromatic carbocycles. The second-order valence-electron chi connectivity index (χ2n) is 8.52. The highest BCUT2D eigenvalue weighted by Crippen LogP contribution is 2.51. The number of halogens is 1. The van der Waals surface area contributed by atoms with E-state index < -0.39 is 12.1 Å². The fraction of sp³-hybridized carbons (Fsp3) is 0.185. The Balaban J connectivity index is 1.63. The van der Waals surface area contributed by atoms with Crippen LogP contribution in [0.15, 0.2) is 72.6 Å². The van der Waals surface area contributed by atoms with Gasteiger partial charge in [-0.25, -0.2) is 9.07 Å². The minimum absolute atomic E-state index is 0.325. The van der Waals surface area contributed by atoms with Crippen LogP contribution >= 0.6 is 0 Å². The summed E-state index contributed by atoms with van der Waals surface area (Å²) in [5, 5.41) is 7.89. The Labute approximate surface area is 201 Å². The molecule has 0 saturated carbocycles. The predicted molar refractivity (Wildman–Crippen MR) is 129 cm³/mol. The largest absolute Gasteiger partial charge is 0.493 e. The van der Waals surface area contributed by atoms with Crippen LogP contribution in [0.4, 0.5) is 10.3 Å². The van der Waals surface area contributed by atoms with E-state index in [1.165, 1.54) is 12.4 Å². The molecule has 8 heteroatoms. The van der Waals surface area contributed by atoms with Crippen molar-refractivity contribution < 1.29 is 18.6 Å². The van der Waals surface area contributed by atoms with Crippen molar-refractivity contribution in [2.45, 2.75) is 19.1 Å². The zero-order valence-corrected chi connectivity index (χ0v) is 19.4. The van der Waals surface area contributed by atoms with Gasteiger partial charge in [0.15, 0.2) is 11.5 Å². The van der Waals surface area contributed by atoms with Crippen LogP contribution in [0.2, 0.25) is 0 Å². The number of aryl methyl sites for hydroxylation is 1. The summed E-state index contributed by atoms with van der Waals surface area (Å²) in [6.07, 6.45) is 0.924. The third kappa shape index (κ3) is 3.32. The van der Waals surface area contributed by atoms with Crippen molar-refractivity contribution in [3.8, 4) is 17.2 Å². The molecule has 0 spiro atoms. The normalized spacial score (nSPS) is 18.1. The van der Waals surface area contributed by atoms with Gasteiger partial charge in [-0.15, -0.1) is 0 Å². The number of hydrogen-bond acceptors (Lipinski definition) is 6. The molecule has 0 fully saturated rings. The number of anilines is 1. The number of aromatic nitrogens is 3. The first-order valence-electron chi connectivity index (χ1n) is 11.2. The van der Waals surface area contributed by atoms with Gasteiger partial charge in [-0.2, -0.15) is 10.1 Å². The molecule has 1 N–H and O–H groups in total. The summed E-state index contributed by atoms with van der Waals surface area (Å²) in [5.74, 6) is 2.13. The third-order valence-corrected chi connectivity index (χ3v) is 6.48. The molecular formula is C27H23FN4O3. The number of ether oxygens (including phenoxy) is 3. The first-order valence-corrected chi connectivity index (χ1v) is 11.2. The molecule has 3 heterocycles. The summed E-state index contributed by atoms with van der Waals surface area (Å²) in [7, 11) is 3.19. The molecule has 0 radical (unpaired) electrons. The van der Waals surface area contributed by atoms with Crippen molar-refractivity contribution in [2.24, 2.45) is 0 Å². The summed E-state index contributed by atoms with van der Waals surface area (Å²) in [4.78, 5) is 4.40. The molecule has 2 atom stereocenters. The molecule has 6 rings (SSSR count). The Morgan fingerprint density at radius 3 is 2.63 bits per heavy atom. The molecular weight excluding hydrogens is 447 g/mol. The quantitative estimate of drug-likeness (QED) is 0.436. The molecule has 0 amide bonds. The standard InChI is InChI=1S/C27H23FN4O3/c1-15-8-10-20-18(12-15)24-23(26(35-20)16-9-11-21(33-2)22(13-16)34-3)25(17-6-4-5-7-19(17)28)32-27(31-24)29-14-30-32/h4-14,25-26H,1-3H3,(H,29,30,31)/t25-,26-/m0/s1. The summed E-state index contributed by atoms with van der Waals surface area (Å²) in [5.41, 5.74) is 4.97. The number of methoxy groups -OCH3 is 2. The van der Waals surface area contributed by atoms with Gasteiger partial charge >= 0.3 is 0 Å². The fourth-order valence-corrected chi connectivity index (χ4v) is 4.87. The molecule has 2 aliphatic heterocycles. The van der Waals surface area contributed by atoms with Crippen molar-refractivity contribution in [1.82, 2.24) is 14.8 Å². The van der Waals surface area contributed by atoms with Crippen molar-refractivity contribution >= 4 is 11.6 Å². The second-order valence-corrected chi connectivity index (χ2v) is 8.52. The Hall–Kier alpha value is -4.33. The first-order chi connectivity index (χ1) is 17.1. The van der Waals surface area contributed by atoms with E-state index in [0.717, 1.165) is 33.7 Å². The Morgan fingerprint density at radius 1 is 1.00 bits per heavy atom. The van der Waals surface area contributed by atoms with E-state index in [9.17, 15) is 0 Å². The van der Waals surface area contributed by atoms with E-state index in [0.29, 0.717) is 23.0 Å². The number of benzene rings is 3. The molecule has 1 aromatic heterocycles. The van der Waals surface area contributed by atoms with Crippen molar-refractivity contribution in [3.63, 3.8) is 0 Å². The SMILES string of the molecule is COc1ccc([C@@H]2Oc3ccc(C)cc3C3=C2[C@H](c2ccccc2F)n2ncnc2N3)cc1OC. The van der Waals surface area contributed by atoms with Gasteiger partial charge in [0.2, 0.25) is 5.95 Å². The highest BCUT2D eigenvalue weighted by Gasteiger charge is 2.42. The number of nitrogens with zero attached hydrogens (tertiary/aromatic N) is 3. The maximum absolute atomic E-state index is 15.3. The lowest BCUT2D eigenvalue weighted by Gasteiger charge is -2.39. The third-order valence-electron chi connectivity index (χ3n) is 6.48. The Bertz CT molecular complexity index is 1480. The number of rotatable bonds is 4. The lowest BCUT2D eigenvalue weighted by atomic mass is 9.84. The molecule has 0 aliphatic carbocycles. The molecule has 2 aliphatic rings. The minimum Gasteiger partial charge on any atom is -0.493 e. The van der Waals surface area contributed by atoms with Crippen molar-refractivity contribution in [1.29, 1.82) is 0 Å². The van der Waals surface area contributed by atoms with Gasteiger partial charge in [0.05, 0.1) is 19.9 Å². The van der Waals surface area contributed by atoms with E-state index in [1.54, 1.807) is 31.0 Å². The zero-order valence-electron chi connectivity index (χ0n) is 19.4. The van der Waals surface area contributed by atoms with E-state index in [4.69, 9.17) is 14.2 Å². The van der Waals surface area contributed by atoms with E-state index in [2.05, 4.69) is 21.5 Å². The first kappa shape index (κ1) is 21.2. The van der Waals surface area contributed by atoms with Crippen LogP contribution in [0.25, 0.3) is 5.70 Å². The maximum atomic E-state index is 15.3. The lowest BCUT2D eigenvalue weighted by Crippen LogP contribution is -2.33. The molecule has 176 valence electrons. The van der Waals surface area contributed by atoms with Crippen LogP contribution in [-0.2, 0) is 0 Å². The van der Waals surface area contributed by atoms with E-state index in [-0.39, 0.29) is 5.82 Å². The van der Waals surface area contributed by atoms with Crippen LogP contribution in [0, 0.1) is 12.7 Å². The fourth-order valence-electron chi connectivity index (χ4n) is 4.87. The van der Waals surface area contributed by atoms with Crippen LogP contribution in [-0.4, -0.2) is 29.0 Å². The van der Waals surface area contributed by atoms with Gasteiger partial charge in [0.25, 0.3) is 0 Å². The average Bonchev–Trinajstić information content (AvgIpc) is 3.35. The summed E-state index contributed by atoms with van der Waals surface area (Å²) < 4.78 is 34.6. The maximum Gasteiger partial charge on any atom is 0.226 e.